The van der Waals surface area contributed by atoms with Gasteiger partial charge >= 0.3 is 13.1 Å². The Kier molecular flexibility index (Phi) is 13.1. The van der Waals surface area contributed by atoms with E-state index >= 15 is 0 Å². The monoisotopic (exact) mass is 858 g/mol. The Morgan fingerprint density at radius 3 is 1.75 bits per heavy atom. The number of ether oxygens (including phenoxy) is 1. The van der Waals surface area contributed by atoms with Gasteiger partial charge in [0.05, 0.1) is 30.0 Å². The summed E-state index contributed by atoms with van der Waals surface area (Å²) in [5, 5.41) is 6.69. The summed E-state index contributed by atoms with van der Waals surface area (Å²) >= 11 is 0. The van der Waals surface area contributed by atoms with Gasteiger partial charge < -0.3 is 24.7 Å². The van der Waals surface area contributed by atoms with E-state index in [4.69, 9.17) is 14.0 Å². The molecule has 2 N–H and O–H groups in total. The molecule has 1 saturated carbocycles. The highest BCUT2D eigenvalue weighted by molar-refractivity contribution is 6.47. The van der Waals surface area contributed by atoms with E-state index in [-0.39, 0.29) is 54.6 Å². The summed E-state index contributed by atoms with van der Waals surface area (Å²) in [5.41, 5.74) is 5.38. The van der Waals surface area contributed by atoms with Gasteiger partial charge in [-0.25, -0.2) is 0 Å². The van der Waals surface area contributed by atoms with Crippen molar-refractivity contribution >= 4 is 24.9 Å². The van der Waals surface area contributed by atoms with Crippen LogP contribution < -0.4 is 10.6 Å². The highest BCUT2D eigenvalue weighted by Gasteiger charge is 2.61. The predicted molar refractivity (Wildman–Crippen MR) is 253 cm³/mol. The molecule has 9 heteroatoms. The number of rotatable bonds is 15. The van der Waals surface area contributed by atoms with Crippen LogP contribution >= 0.6 is 0 Å². The molecule has 0 bridgehead atoms. The third-order valence-corrected chi connectivity index (χ3v) is 15.0. The van der Waals surface area contributed by atoms with Crippen LogP contribution in [0.15, 0.2) is 140 Å². The molecule has 332 valence electrons. The van der Waals surface area contributed by atoms with Crippen molar-refractivity contribution in [2.24, 2.45) is 29.1 Å². The number of esters is 1. The quantitative estimate of drug-likeness (QED) is 0.0618. The lowest BCUT2D eigenvalue weighted by Crippen LogP contribution is -2.56. The van der Waals surface area contributed by atoms with Crippen molar-refractivity contribution in [3.05, 3.63) is 167 Å². The molecule has 5 aromatic rings. The van der Waals surface area contributed by atoms with E-state index in [1.54, 1.807) is 0 Å². The number of nitrogens with one attached hydrogen (secondary N) is 2. The van der Waals surface area contributed by atoms with Crippen LogP contribution in [0.2, 0.25) is 0 Å². The highest BCUT2D eigenvalue weighted by atomic mass is 16.7. The number of carbonyl (C=O) groups is 3. The smallest absolute Gasteiger partial charge is 0.465 e. The maximum Gasteiger partial charge on any atom is 0.481 e. The van der Waals surface area contributed by atoms with Crippen LogP contribution in [0.25, 0.3) is 11.1 Å². The van der Waals surface area contributed by atoms with Crippen molar-refractivity contribution in [2.75, 3.05) is 6.61 Å². The van der Waals surface area contributed by atoms with Crippen molar-refractivity contribution in [3.8, 4) is 11.1 Å². The van der Waals surface area contributed by atoms with Gasteiger partial charge in [0.25, 0.3) is 0 Å². The fourth-order valence-electron chi connectivity index (χ4n) is 10.7. The Labute approximate surface area is 380 Å². The summed E-state index contributed by atoms with van der Waals surface area (Å²) in [7, 11) is -0.698. The minimum absolute atomic E-state index is 0.0240. The van der Waals surface area contributed by atoms with Crippen LogP contribution in [0.3, 0.4) is 0 Å². The second-order valence-corrected chi connectivity index (χ2v) is 19.6. The summed E-state index contributed by atoms with van der Waals surface area (Å²) in [6.45, 7) is 15.6. The molecule has 0 spiro atoms. The van der Waals surface area contributed by atoms with E-state index in [1.165, 1.54) is 0 Å². The SMILES string of the molecule is CC(C)C[C@H](NC(=O)[C@H](CC(=O)NC(c1ccccc1)(c1ccccc1)c1ccccc1)CC(=O)OCC1c2ccccc2-c2ccccc21)B1O[C@@H]2C[C@H](C)C(C)(C)[C@H](C)[C@]2(C)O1. The maximum absolute atomic E-state index is 14.9. The summed E-state index contributed by atoms with van der Waals surface area (Å²) in [6, 6.07) is 46.0. The zero-order chi connectivity index (χ0) is 45.2. The Morgan fingerprint density at radius 2 is 1.23 bits per heavy atom. The first-order valence-corrected chi connectivity index (χ1v) is 23.2. The second-order valence-electron chi connectivity index (χ2n) is 19.6. The standard InChI is InChI=1S/C55H63BN2O6/c1-36(2)31-49(56-63-48-32-37(3)53(5,6)38(4)54(48,7)64-56)57-52(61)39(34-51(60)62-35-47-45-29-19-17-27-43(45)44-28-18-20-30-46(44)47)33-50(59)58-55(40-21-11-8-12-22-40,41-23-13-9-14-24-41)42-25-15-10-16-26-42/h8-30,36-39,47-49H,31-35H2,1-7H3,(H,57,61)(H,58,59)/t37-,38-,39+,48+,49-,54-/m0/s1. The zero-order valence-corrected chi connectivity index (χ0v) is 38.4. The second kappa shape index (κ2) is 18.5. The third-order valence-electron chi connectivity index (χ3n) is 15.0. The summed E-state index contributed by atoms with van der Waals surface area (Å²) < 4.78 is 19.8. The fourth-order valence-corrected chi connectivity index (χ4v) is 10.7. The van der Waals surface area contributed by atoms with E-state index in [0.717, 1.165) is 45.4 Å². The van der Waals surface area contributed by atoms with Gasteiger partial charge in [0.1, 0.15) is 12.1 Å². The molecule has 8 nitrogen and oxygen atoms in total. The number of hydrogen-bond acceptors (Lipinski definition) is 6. The molecule has 0 unspecified atom stereocenters. The Hall–Kier alpha value is -5.51. The van der Waals surface area contributed by atoms with Gasteiger partial charge in [-0.3, -0.25) is 14.4 Å². The van der Waals surface area contributed by atoms with Gasteiger partial charge in [-0.05, 0) is 81.9 Å². The topological polar surface area (TPSA) is 103 Å². The van der Waals surface area contributed by atoms with E-state index in [9.17, 15) is 14.4 Å². The molecule has 2 aliphatic carbocycles. The molecule has 64 heavy (non-hydrogen) atoms. The minimum Gasteiger partial charge on any atom is -0.465 e. The van der Waals surface area contributed by atoms with Gasteiger partial charge in [0.15, 0.2) is 0 Å². The van der Waals surface area contributed by atoms with Crippen LogP contribution in [-0.2, 0) is 34.0 Å². The minimum atomic E-state index is -1.11. The Morgan fingerprint density at radius 1 is 0.734 bits per heavy atom. The number of fused-ring (bicyclic) bond motifs is 4. The van der Waals surface area contributed by atoms with Crippen molar-refractivity contribution in [3.63, 3.8) is 0 Å². The van der Waals surface area contributed by atoms with E-state index < -0.39 is 42.0 Å². The molecule has 5 aromatic carbocycles. The van der Waals surface area contributed by atoms with Crippen LogP contribution in [0.1, 0.15) is 108 Å². The Balaban J connectivity index is 1.09. The zero-order valence-electron chi connectivity index (χ0n) is 38.4. The molecule has 3 aliphatic rings. The largest absolute Gasteiger partial charge is 0.481 e. The first-order valence-electron chi connectivity index (χ1n) is 23.2. The maximum atomic E-state index is 14.9. The van der Waals surface area contributed by atoms with Crippen LogP contribution in [0.4, 0.5) is 0 Å². The summed E-state index contributed by atoms with van der Waals surface area (Å²) in [4.78, 5) is 44.0. The van der Waals surface area contributed by atoms with Crippen molar-refractivity contribution in [1.82, 2.24) is 10.6 Å². The molecule has 1 heterocycles. The lowest BCUT2D eigenvalue weighted by molar-refractivity contribution is -0.147. The van der Waals surface area contributed by atoms with E-state index in [0.29, 0.717) is 12.3 Å². The average molecular weight is 859 g/mol. The average Bonchev–Trinajstić information content (AvgIpc) is 3.81. The Bertz CT molecular complexity index is 2280. The number of amides is 2. The third kappa shape index (κ3) is 8.69. The lowest BCUT2D eigenvalue weighted by atomic mass is 9.57. The van der Waals surface area contributed by atoms with Crippen LogP contribution in [0, 0.1) is 29.1 Å². The molecular formula is C55H63BN2O6. The molecule has 1 saturated heterocycles. The van der Waals surface area contributed by atoms with E-state index in [1.807, 2.05) is 115 Å². The number of hydrogen-bond donors (Lipinski definition) is 2. The lowest BCUT2D eigenvalue weighted by Gasteiger charge is -2.53. The van der Waals surface area contributed by atoms with Crippen molar-refractivity contribution < 1.29 is 28.4 Å². The van der Waals surface area contributed by atoms with Crippen molar-refractivity contribution in [1.29, 1.82) is 0 Å². The molecular weight excluding hydrogens is 795 g/mol. The molecule has 0 aromatic heterocycles. The van der Waals surface area contributed by atoms with Gasteiger partial charge in [0, 0.05) is 12.3 Å². The van der Waals surface area contributed by atoms with Crippen LogP contribution in [0.5, 0.6) is 0 Å². The van der Waals surface area contributed by atoms with E-state index in [2.05, 4.69) is 83.4 Å². The molecule has 1 aliphatic heterocycles. The first kappa shape index (κ1) is 45.1. The van der Waals surface area contributed by atoms with Crippen molar-refractivity contribution in [2.45, 2.75) is 103 Å². The number of carbonyl (C=O) groups excluding carboxylic acids is 3. The molecule has 8 rings (SSSR count). The van der Waals surface area contributed by atoms with Gasteiger partial charge in [0.2, 0.25) is 11.8 Å². The van der Waals surface area contributed by atoms with Crippen LogP contribution in [-0.4, -0.2) is 49.2 Å². The molecule has 2 amide bonds. The van der Waals surface area contributed by atoms with Gasteiger partial charge in [-0.15, -0.1) is 0 Å². The fraction of sp³-hybridized carbons (Fsp3) is 0.400. The molecule has 2 fully saturated rings. The van der Waals surface area contributed by atoms with Gasteiger partial charge in [-0.2, -0.15) is 0 Å². The number of benzene rings is 5. The predicted octanol–water partition coefficient (Wildman–Crippen LogP) is 10.3. The summed E-state index contributed by atoms with van der Waals surface area (Å²) in [6.07, 6.45) is 0.729. The first-order chi connectivity index (χ1) is 30.7. The van der Waals surface area contributed by atoms with Gasteiger partial charge in [-0.1, -0.05) is 181 Å². The molecule has 6 atom stereocenters. The molecule has 0 radical (unpaired) electrons. The summed E-state index contributed by atoms with van der Waals surface area (Å²) in [5.74, 6) is -2.31. The highest BCUT2D eigenvalue weighted by Crippen LogP contribution is 2.54. The normalized spacial score (nSPS) is 22.2.